The molecule has 10 heteroatoms. The smallest absolute Gasteiger partial charge is 0.328 e. The minimum Gasteiger partial charge on any atom is -0.478 e. The van der Waals surface area contributed by atoms with E-state index in [9.17, 15) is 19.7 Å². The number of carboxylic acids is 2. The highest BCUT2D eigenvalue weighted by atomic mass is 16.6. The number of hydrogen-bond donors (Lipinski definition) is 2. The maximum atomic E-state index is 10.7. The zero-order valence-electron chi connectivity index (χ0n) is 17.6. The summed E-state index contributed by atoms with van der Waals surface area (Å²) in [6.07, 6.45) is 7.30. The van der Waals surface area contributed by atoms with Crippen LogP contribution in [0.3, 0.4) is 0 Å². The van der Waals surface area contributed by atoms with E-state index >= 15 is 0 Å². The van der Waals surface area contributed by atoms with Gasteiger partial charge in [-0.3, -0.25) is 10.1 Å². The van der Waals surface area contributed by atoms with Crippen LogP contribution in [0, 0.1) is 10.1 Å². The summed E-state index contributed by atoms with van der Waals surface area (Å²) in [5.74, 6) is -2.51. The van der Waals surface area contributed by atoms with Crippen LogP contribution >= 0.6 is 0 Å². The van der Waals surface area contributed by atoms with Crippen LogP contribution in [0.15, 0.2) is 47.1 Å². The van der Waals surface area contributed by atoms with Crippen molar-refractivity contribution in [3.8, 4) is 0 Å². The lowest BCUT2D eigenvalue weighted by Gasteiger charge is -2.17. The normalized spacial score (nSPS) is 16.2. The number of nitro benzene ring substituents is 1. The van der Waals surface area contributed by atoms with Crippen LogP contribution in [0.1, 0.15) is 31.2 Å². The summed E-state index contributed by atoms with van der Waals surface area (Å²) in [5.41, 5.74) is 3.22. The molecule has 0 atom stereocenters. The van der Waals surface area contributed by atoms with Crippen LogP contribution < -0.4 is 0 Å². The Hall–Kier alpha value is -3.53. The predicted octanol–water partition coefficient (Wildman–Crippen LogP) is 3.20. The molecule has 1 aliphatic rings. The van der Waals surface area contributed by atoms with Gasteiger partial charge in [-0.05, 0) is 69.1 Å². The number of hydrogen-bond acceptors (Lipinski definition) is 7. The van der Waals surface area contributed by atoms with Gasteiger partial charge in [0.15, 0.2) is 0 Å². The molecule has 0 amide bonds. The predicted molar refractivity (Wildman–Crippen MR) is 116 cm³/mol. The van der Waals surface area contributed by atoms with Crippen LogP contribution in [0.25, 0.3) is 6.08 Å². The quantitative estimate of drug-likeness (QED) is 0.275. The van der Waals surface area contributed by atoms with Crippen LogP contribution in [-0.4, -0.2) is 64.9 Å². The van der Waals surface area contributed by atoms with Gasteiger partial charge >= 0.3 is 11.9 Å². The van der Waals surface area contributed by atoms with Gasteiger partial charge in [-0.15, -0.1) is 0 Å². The third kappa shape index (κ3) is 11.3. The number of likely N-dealkylation sites (N-methyl/N-ethyl adjacent to an activating group) is 1. The van der Waals surface area contributed by atoms with Gasteiger partial charge in [-0.1, -0.05) is 5.16 Å². The minimum absolute atomic E-state index is 0.108. The topological polar surface area (TPSA) is 143 Å². The molecule has 0 heterocycles. The Labute approximate surface area is 180 Å². The molecule has 0 bridgehead atoms. The number of carbonyl (C=O) groups is 2. The van der Waals surface area contributed by atoms with Crippen molar-refractivity contribution in [3.05, 3.63) is 57.7 Å². The molecular formula is C21H27N3O7. The van der Waals surface area contributed by atoms with Gasteiger partial charge in [0.25, 0.3) is 5.69 Å². The second-order valence-electron chi connectivity index (χ2n) is 6.91. The lowest BCUT2D eigenvalue weighted by Crippen LogP contribution is -2.18. The van der Waals surface area contributed by atoms with E-state index in [4.69, 9.17) is 15.1 Å². The largest absolute Gasteiger partial charge is 0.478 e. The maximum absolute atomic E-state index is 10.7. The Morgan fingerprint density at radius 3 is 2.23 bits per heavy atom. The molecule has 1 saturated carbocycles. The highest BCUT2D eigenvalue weighted by molar-refractivity contribution is 6.04. The first-order valence-corrected chi connectivity index (χ1v) is 9.62. The number of nitro groups is 1. The number of nitrogens with zero attached hydrogens (tertiary/aromatic N) is 3. The first kappa shape index (κ1) is 25.5. The van der Waals surface area contributed by atoms with Crippen molar-refractivity contribution in [2.75, 3.05) is 27.2 Å². The van der Waals surface area contributed by atoms with Gasteiger partial charge in [0.1, 0.15) is 6.61 Å². The van der Waals surface area contributed by atoms with Crippen LogP contribution in [0.4, 0.5) is 5.69 Å². The number of allylic oxidation sites excluding steroid dienone is 1. The van der Waals surface area contributed by atoms with Gasteiger partial charge in [0.05, 0.1) is 10.6 Å². The second-order valence-corrected chi connectivity index (χ2v) is 6.91. The number of benzene rings is 1. The van der Waals surface area contributed by atoms with Crippen molar-refractivity contribution in [2.45, 2.75) is 25.7 Å². The van der Waals surface area contributed by atoms with Gasteiger partial charge in [0, 0.05) is 30.8 Å². The number of non-ortho nitro benzene ring substituents is 1. The van der Waals surface area contributed by atoms with E-state index in [2.05, 4.69) is 16.1 Å². The molecule has 0 unspecified atom stereocenters. The molecule has 1 aliphatic carbocycles. The monoisotopic (exact) mass is 433 g/mol. The van der Waals surface area contributed by atoms with Crippen LogP contribution in [-0.2, 0) is 14.4 Å². The average molecular weight is 433 g/mol. The van der Waals surface area contributed by atoms with Crippen molar-refractivity contribution < 1.29 is 29.6 Å². The molecule has 168 valence electrons. The molecule has 2 rings (SSSR count). The van der Waals surface area contributed by atoms with E-state index in [1.165, 1.54) is 12.1 Å². The molecule has 1 aromatic carbocycles. The van der Waals surface area contributed by atoms with Crippen molar-refractivity contribution >= 4 is 29.4 Å². The molecule has 0 radical (unpaired) electrons. The van der Waals surface area contributed by atoms with Crippen LogP contribution in [0.2, 0.25) is 0 Å². The third-order valence-corrected chi connectivity index (χ3v) is 4.10. The molecule has 1 aromatic rings. The molecule has 0 aromatic heterocycles. The lowest BCUT2D eigenvalue weighted by molar-refractivity contribution is -0.384. The molecule has 2 N–H and O–H groups in total. The summed E-state index contributed by atoms with van der Waals surface area (Å²) < 4.78 is 0. The van der Waals surface area contributed by atoms with Gasteiger partial charge in [-0.2, -0.15) is 0 Å². The Morgan fingerprint density at radius 1 is 1.13 bits per heavy atom. The van der Waals surface area contributed by atoms with Gasteiger partial charge < -0.3 is 20.0 Å². The van der Waals surface area contributed by atoms with E-state index in [0.29, 0.717) is 18.8 Å². The Morgan fingerprint density at radius 2 is 1.71 bits per heavy atom. The summed E-state index contributed by atoms with van der Waals surface area (Å²) in [6, 6.07) is 6.59. The number of carboxylic acid groups (broad SMARTS) is 2. The summed E-state index contributed by atoms with van der Waals surface area (Å²) in [6.45, 7) is 1.40. The Balaban J connectivity index is 0.000000512. The van der Waals surface area contributed by atoms with E-state index < -0.39 is 11.9 Å². The molecular weight excluding hydrogens is 406 g/mol. The molecule has 0 saturated heterocycles. The first-order chi connectivity index (χ1) is 14.7. The average Bonchev–Trinajstić information content (AvgIpc) is 2.71. The van der Waals surface area contributed by atoms with Gasteiger partial charge in [0.2, 0.25) is 0 Å². The van der Waals surface area contributed by atoms with Crippen molar-refractivity contribution in [1.29, 1.82) is 0 Å². The van der Waals surface area contributed by atoms with Crippen molar-refractivity contribution in [1.82, 2.24) is 4.90 Å². The van der Waals surface area contributed by atoms with E-state index in [-0.39, 0.29) is 10.6 Å². The summed E-state index contributed by atoms with van der Waals surface area (Å²) in [7, 11) is 3.99. The molecule has 0 aliphatic heterocycles. The fraction of sp³-hybridized carbons (Fsp3) is 0.381. The number of aliphatic carboxylic acids is 2. The lowest BCUT2D eigenvalue weighted by atomic mass is 9.91. The highest BCUT2D eigenvalue weighted by Gasteiger charge is 2.14. The minimum atomic E-state index is -1.26. The number of rotatable bonds is 8. The van der Waals surface area contributed by atoms with E-state index in [1.54, 1.807) is 12.1 Å². The van der Waals surface area contributed by atoms with E-state index in [1.807, 2.05) is 14.1 Å². The standard InChI is InChI=1S/C17H23N3O3.C4H4O4/c1-19(2)11-12-23-18-17-6-4-3-5-15(17)13-14-7-9-16(10-8-14)20(21)22;5-3(6)1-2-4(7)8/h7-10,13H,3-6,11-12H2,1-2H3;1-2H,(H,5,6)(H,7,8). The van der Waals surface area contributed by atoms with E-state index in [0.717, 1.165) is 49.1 Å². The fourth-order valence-corrected chi connectivity index (χ4v) is 2.56. The zero-order valence-corrected chi connectivity index (χ0v) is 17.6. The molecule has 0 spiro atoms. The second kappa shape index (κ2) is 13.6. The van der Waals surface area contributed by atoms with Crippen LogP contribution in [0.5, 0.6) is 0 Å². The SMILES string of the molecule is CN(C)CCON=C1CCCCC1=Cc1ccc([N+](=O)[O-])cc1.O=C(O)C=CC(=O)O. The Bertz CT molecular complexity index is 827. The Kier molecular flexibility index (Phi) is 11.2. The van der Waals surface area contributed by atoms with Crippen molar-refractivity contribution in [2.24, 2.45) is 5.16 Å². The number of oxime groups is 1. The first-order valence-electron chi connectivity index (χ1n) is 9.62. The fourth-order valence-electron chi connectivity index (χ4n) is 2.56. The van der Waals surface area contributed by atoms with Gasteiger partial charge in [-0.25, -0.2) is 9.59 Å². The maximum Gasteiger partial charge on any atom is 0.328 e. The summed E-state index contributed by atoms with van der Waals surface area (Å²) in [4.78, 5) is 36.9. The third-order valence-electron chi connectivity index (χ3n) is 4.10. The molecule has 1 fully saturated rings. The highest BCUT2D eigenvalue weighted by Crippen LogP contribution is 2.24. The summed E-state index contributed by atoms with van der Waals surface area (Å²) in [5, 5.41) is 30.6. The summed E-state index contributed by atoms with van der Waals surface area (Å²) >= 11 is 0. The molecule has 31 heavy (non-hydrogen) atoms. The van der Waals surface area contributed by atoms with Crippen molar-refractivity contribution in [3.63, 3.8) is 0 Å². The zero-order chi connectivity index (χ0) is 23.2. The molecule has 10 nitrogen and oxygen atoms in total.